The zero-order chi connectivity index (χ0) is 13.0. The molecule has 1 atom stereocenters. The molecule has 0 saturated carbocycles. The van der Waals surface area contributed by atoms with E-state index in [-0.39, 0.29) is 5.91 Å². The van der Waals surface area contributed by atoms with Crippen LogP contribution < -0.4 is 10.1 Å². The minimum Gasteiger partial charge on any atom is -0.497 e. The van der Waals surface area contributed by atoms with Crippen LogP contribution in [0, 0.1) is 11.3 Å². The molecule has 1 N–H and O–H groups in total. The average molecular weight is 245 g/mol. The first-order chi connectivity index (χ1) is 8.76. The predicted molar refractivity (Wildman–Crippen MR) is 65.9 cm³/mol. The van der Waals surface area contributed by atoms with Crippen LogP contribution in [0.15, 0.2) is 24.3 Å². The number of carbonyl (C=O) groups is 1. The van der Waals surface area contributed by atoms with Crippen LogP contribution in [0.5, 0.6) is 5.75 Å². The Labute approximate surface area is 106 Å². The number of methoxy groups -OCH3 is 1. The third kappa shape index (κ3) is 2.44. The zero-order valence-electron chi connectivity index (χ0n) is 10.2. The normalized spacial score (nSPS) is 17.1. The number of hydrogen-bond acceptors (Lipinski definition) is 4. The molecule has 0 spiro atoms. The Morgan fingerprint density at radius 1 is 1.56 bits per heavy atom. The largest absolute Gasteiger partial charge is 0.497 e. The molecular formula is C13H15N3O2. The smallest absolute Gasteiger partial charge is 0.237 e. The number of nitrogens with zero attached hydrogens (tertiary/aromatic N) is 2. The molecule has 1 aliphatic rings. The van der Waals surface area contributed by atoms with Gasteiger partial charge in [0, 0.05) is 13.1 Å². The standard InChI is InChI=1S/C13H15N3O2/c1-18-11-4-2-3-10(7-11)12(8-14)16-6-5-15-9-13(16)17/h2-4,7,12,15H,5-6,9H2,1H3. The van der Waals surface area contributed by atoms with Crippen LogP contribution in [0.25, 0.3) is 0 Å². The molecule has 0 bridgehead atoms. The monoisotopic (exact) mass is 245 g/mol. The molecule has 1 unspecified atom stereocenters. The Morgan fingerprint density at radius 3 is 3.06 bits per heavy atom. The lowest BCUT2D eigenvalue weighted by Crippen LogP contribution is -2.49. The van der Waals surface area contributed by atoms with Gasteiger partial charge in [0.25, 0.3) is 0 Å². The van der Waals surface area contributed by atoms with Crippen molar-refractivity contribution in [1.82, 2.24) is 10.2 Å². The summed E-state index contributed by atoms with van der Waals surface area (Å²) in [5.74, 6) is 0.644. The van der Waals surface area contributed by atoms with E-state index in [0.717, 1.165) is 5.56 Å². The Hall–Kier alpha value is -2.06. The van der Waals surface area contributed by atoms with Crippen molar-refractivity contribution in [2.45, 2.75) is 6.04 Å². The van der Waals surface area contributed by atoms with Crippen molar-refractivity contribution in [3.8, 4) is 11.8 Å². The van der Waals surface area contributed by atoms with Crippen LogP contribution in [0.4, 0.5) is 0 Å². The molecule has 1 amide bonds. The van der Waals surface area contributed by atoms with E-state index in [4.69, 9.17) is 4.74 Å². The molecule has 5 nitrogen and oxygen atoms in total. The second-order valence-electron chi connectivity index (χ2n) is 4.07. The summed E-state index contributed by atoms with van der Waals surface area (Å²) >= 11 is 0. The topological polar surface area (TPSA) is 65.4 Å². The Morgan fingerprint density at radius 2 is 2.39 bits per heavy atom. The molecule has 94 valence electrons. The third-order valence-corrected chi connectivity index (χ3v) is 2.97. The van der Waals surface area contributed by atoms with Gasteiger partial charge in [-0.1, -0.05) is 12.1 Å². The van der Waals surface area contributed by atoms with E-state index in [1.165, 1.54) is 0 Å². The maximum atomic E-state index is 11.8. The lowest BCUT2D eigenvalue weighted by atomic mass is 10.1. The summed E-state index contributed by atoms with van der Waals surface area (Å²) in [4.78, 5) is 13.4. The highest BCUT2D eigenvalue weighted by Gasteiger charge is 2.27. The van der Waals surface area contributed by atoms with Crippen molar-refractivity contribution in [2.75, 3.05) is 26.7 Å². The summed E-state index contributed by atoms with van der Waals surface area (Å²) in [5.41, 5.74) is 0.784. The number of ether oxygens (including phenoxy) is 1. The summed E-state index contributed by atoms with van der Waals surface area (Å²) in [6.07, 6.45) is 0. The van der Waals surface area contributed by atoms with Crippen LogP contribution in [0.2, 0.25) is 0 Å². The van der Waals surface area contributed by atoms with E-state index >= 15 is 0 Å². The lowest BCUT2D eigenvalue weighted by Gasteiger charge is -2.31. The Bertz CT molecular complexity index is 481. The Balaban J connectivity index is 2.27. The minimum atomic E-state index is -0.547. The molecule has 1 aromatic rings. The number of rotatable bonds is 3. The van der Waals surface area contributed by atoms with Crippen LogP contribution >= 0.6 is 0 Å². The van der Waals surface area contributed by atoms with Crippen molar-refractivity contribution < 1.29 is 9.53 Å². The number of piperazine rings is 1. The van der Waals surface area contributed by atoms with Gasteiger partial charge in [0.2, 0.25) is 5.91 Å². The second-order valence-corrected chi connectivity index (χ2v) is 4.07. The van der Waals surface area contributed by atoms with Crippen molar-refractivity contribution in [3.05, 3.63) is 29.8 Å². The van der Waals surface area contributed by atoms with Gasteiger partial charge in [-0.15, -0.1) is 0 Å². The van der Waals surface area contributed by atoms with Gasteiger partial charge in [-0.2, -0.15) is 5.26 Å². The first-order valence-corrected chi connectivity index (χ1v) is 5.80. The molecule has 1 fully saturated rings. The van der Waals surface area contributed by atoms with Gasteiger partial charge in [0.15, 0.2) is 0 Å². The molecule has 1 aromatic carbocycles. The van der Waals surface area contributed by atoms with E-state index in [9.17, 15) is 10.1 Å². The van der Waals surface area contributed by atoms with Gasteiger partial charge in [-0.3, -0.25) is 4.79 Å². The van der Waals surface area contributed by atoms with Crippen LogP contribution in [-0.2, 0) is 4.79 Å². The molecule has 1 aliphatic heterocycles. The molecule has 18 heavy (non-hydrogen) atoms. The summed E-state index contributed by atoms with van der Waals surface area (Å²) in [7, 11) is 1.58. The van der Waals surface area contributed by atoms with E-state index in [1.54, 1.807) is 18.1 Å². The molecule has 0 aliphatic carbocycles. The Kier molecular flexibility index (Phi) is 3.80. The molecule has 5 heteroatoms. The number of benzene rings is 1. The van der Waals surface area contributed by atoms with E-state index in [2.05, 4.69) is 11.4 Å². The van der Waals surface area contributed by atoms with E-state index in [0.29, 0.717) is 25.4 Å². The minimum absolute atomic E-state index is 0.0457. The van der Waals surface area contributed by atoms with Gasteiger partial charge >= 0.3 is 0 Å². The third-order valence-electron chi connectivity index (χ3n) is 2.97. The highest BCUT2D eigenvalue weighted by molar-refractivity contribution is 5.79. The SMILES string of the molecule is COc1cccc(C(C#N)N2CCNCC2=O)c1. The van der Waals surface area contributed by atoms with Crippen molar-refractivity contribution in [1.29, 1.82) is 5.26 Å². The molecule has 2 rings (SSSR count). The number of carbonyl (C=O) groups excluding carboxylic acids is 1. The predicted octanol–water partition coefficient (Wildman–Crippen LogP) is 0.692. The quantitative estimate of drug-likeness (QED) is 0.851. The second kappa shape index (κ2) is 5.52. The van der Waals surface area contributed by atoms with Crippen LogP contribution in [-0.4, -0.2) is 37.6 Å². The average Bonchev–Trinajstić information content (AvgIpc) is 2.42. The highest BCUT2D eigenvalue weighted by Crippen LogP contribution is 2.24. The van der Waals surface area contributed by atoms with Gasteiger partial charge in [0.05, 0.1) is 19.7 Å². The fraction of sp³-hybridized carbons (Fsp3) is 0.385. The summed E-state index contributed by atoms with van der Waals surface area (Å²) in [6, 6.07) is 8.92. The maximum Gasteiger partial charge on any atom is 0.237 e. The van der Waals surface area contributed by atoms with Crippen molar-refractivity contribution in [2.24, 2.45) is 0 Å². The summed E-state index contributed by atoms with van der Waals surface area (Å²) < 4.78 is 5.14. The van der Waals surface area contributed by atoms with Crippen molar-refractivity contribution >= 4 is 5.91 Å². The van der Waals surface area contributed by atoms with Gasteiger partial charge < -0.3 is 15.0 Å². The zero-order valence-corrected chi connectivity index (χ0v) is 10.2. The van der Waals surface area contributed by atoms with Gasteiger partial charge in [0.1, 0.15) is 11.8 Å². The number of nitriles is 1. The first-order valence-electron chi connectivity index (χ1n) is 5.80. The molecule has 0 radical (unpaired) electrons. The fourth-order valence-electron chi connectivity index (χ4n) is 2.03. The maximum absolute atomic E-state index is 11.8. The molecular weight excluding hydrogens is 230 g/mol. The van der Waals surface area contributed by atoms with E-state index in [1.807, 2.05) is 18.2 Å². The van der Waals surface area contributed by atoms with Crippen LogP contribution in [0.1, 0.15) is 11.6 Å². The number of nitrogens with one attached hydrogen (secondary N) is 1. The van der Waals surface area contributed by atoms with E-state index < -0.39 is 6.04 Å². The summed E-state index contributed by atoms with van der Waals surface area (Å²) in [6.45, 7) is 1.56. The first kappa shape index (κ1) is 12.4. The van der Waals surface area contributed by atoms with Crippen LogP contribution in [0.3, 0.4) is 0 Å². The van der Waals surface area contributed by atoms with Crippen molar-refractivity contribution in [3.63, 3.8) is 0 Å². The summed E-state index contributed by atoms with van der Waals surface area (Å²) in [5, 5.41) is 12.3. The van der Waals surface area contributed by atoms with Gasteiger partial charge in [-0.25, -0.2) is 0 Å². The lowest BCUT2D eigenvalue weighted by molar-refractivity contribution is -0.133. The highest BCUT2D eigenvalue weighted by atomic mass is 16.5. The van der Waals surface area contributed by atoms with Gasteiger partial charge in [-0.05, 0) is 17.7 Å². The number of amides is 1. The number of hydrogen-bond donors (Lipinski definition) is 1. The fourth-order valence-corrected chi connectivity index (χ4v) is 2.03. The molecule has 0 aromatic heterocycles. The molecule has 1 saturated heterocycles. The molecule has 1 heterocycles.